The van der Waals surface area contributed by atoms with Crippen molar-refractivity contribution in [2.24, 2.45) is 0 Å². The molecule has 0 fully saturated rings. The van der Waals surface area contributed by atoms with E-state index in [1.54, 1.807) is 0 Å². The Morgan fingerprint density at radius 1 is 0.600 bits per heavy atom. The summed E-state index contributed by atoms with van der Waals surface area (Å²) in [5, 5.41) is 8.91. The zero-order chi connectivity index (χ0) is 29.9. The van der Waals surface area contributed by atoms with E-state index in [0.29, 0.717) is 5.95 Å². The first-order valence-electron chi connectivity index (χ1n) is 15.5. The fourth-order valence-corrected chi connectivity index (χ4v) is 11.4. The normalized spacial score (nSPS) is 13.7. The van der Waals surface area contributed by atoms with E-state index < -0.39 is 8.07 Å². The molecule has 0 atom stereocenters. The van der Waals surface area contributed by atoms with Crippen LogP contribution in [0.25, 0.3) is 82.8 Å². The molecule has 4 heterocycles. The number of benzene rings is 6. The fraction of sp³-hybridized carbons (Fsp3) is 0.0500. The van der Waals surface area contributed by atoms with Crippen molar-refractivity contribution in [3.8, 4) is 28.3 Å². The minimum absolute atomic E-state index is 0.689. The summed E-state index contributed by atoms with van der Waals surface area (Å²) in [6, 6.07) is 45.8. The van der Waals surface area contributed by atoms with Gasteiger partial charge in [-0.2, -0.15) is 0 Å². The lowest BCUT2D eigenvalue weighted by molar-refractivity contribution is 1.02. The Labute approximate surface area is 260 Å². The maximum Gasteiger partial charge on any atom is 0.235 e. The van der Waals surface area contributed by atoms with Crippen molar-refractivity contribution in [2.75, 3.05) is 0 Å². The van der Waals surface area contributed by atoms with Crippen LogP contribution in [-0.4, -0.2) is 27.6 Å². The van der Waals surface area contributed by atoms with Gasteiger partial charge in [0.2, 0.25) is 5.95 Å². The summed E-state index contributed by atoms with van der Waals surface area (Å²) >= 11 is 0. The van der Waals surface area contributed by atoms with Gasteiger partial charge in [-0.25, -0.2) is 9.97 Å². The van der Waals surface area contributed by atoms with Gasteiger partial charge in [-0.05, 0) is 39.7 Å². The summed E-state index contributed by atoms with van der Waals surface area (Å²) < 4.78 is 2.28. The number of rotatable bonds is 2. The molecule has 212 valence electrons. The first-order valence-corrected chi connectivity index (χ1v) is 18.5. The van der Waals surface area contributed by atoms with Crippen LogP contribution in [0.1, 0.15) is 0 Å². The van der Waals surface area contributed by atoms with Crippen LogP contribution in [0.4, 0.5) is 0 Å². The van der Waals surface area contributed by atoms with Crippen LogP contribution in [0.2, 0.25) is 13.1 Å². The Balaban J connectivity index is 1.37. The molecule has 0 amide bonds. The highest BCUT2D eigenvalue weighted by molar-refractivity contribution is 7.05. The second-order valence-corrected chi connectivity index (χ2v) is 17.0. The Morgan fingerprint density at radius 2 is 1.33 bits per heavy atom. The van der Waals surface area contributed by atoms with E-state index in [4.69, 9.17) is 9.97 Å². The first kappa shape index (κ1) is 24.9. The number of hydrogen-bond acceptors (Lipinski definition) is 2. The molecule has 0 radical (unpaired) electrons. The third kappa shape index (κ3) is 3.25. The molecule has 5 heteroatoms. The summed E-state index contributed by atoms with van der Waals surface area (Å²) in [6.45, 7) is 4.94. The van der Waals surface area contributed by atoms with E-state index in [1.165, 1.54) is 48.4 Å². The number of hydrogen-bond donors (Lipinski definition) is 1. The van der Waals surface area contributed by atoms with E-state index in [1.807, 2.05) is 0 Å². The van der Waals surface area contributed by atoms with Crippen molar-refractivity contribution in [1.82, 2.24) is 19.5 Å². The molecule has 1 aliphatic rings. The maximum atomic E-state index is 5.54. The minimum Gasteiger partial charge on any atom is -0.353 e. The van der Waals surface area contributed by atoms with Crippen LogP contribution in [0.3, 0.4) is 0 Å². The van der Waals surface area contributed by atoms with Crippen LogP contribution in [0.15, 0.2) is 127 Å². The number of nitrogens with one attached hydrogen (secondary N) is 1. The van der Waals surface area contributed by atoms with Gasteiger partial charge in [0.25, 0.3) is 0 Å². The summed E-state index contributed by atoms with van der Waals surface area (Å²) in [5.41, 5.74) is 10.2. The summed E-state index contributed by atoms with van der Waals surface area (Å²) in [6.07, 6.45) is 0. The van der Waals surface area contributed by atoms with Gasteiger partial charge in [-0.1, -0.05) is 122 Å². The zero-order valence-corrected chi connectivity index (χ0v) is 26.0. The number of para-hydroxylation sites is 2. The molecule has 45 heavy (non-hydrogen) atoms. The lowest BCUT2D eigenvalue weighted by Gasteiger charge is -2.22. The molecule has 9 aromatic rings. The van der Waals surface area contributed by atoms with Crippen molar-refractivity contribution in [2.45, 2.75) is 13.1 Å². The average Bonchev–Trinajstić information content (AvgIpc) is 3.71. The molecule has 3 aromatic heterocycles. The molecule has 0 unspecified atom stereocenters. The quantitative estimate of drug-likeness (QED) is 0.204. The van der Waals surface area contributed by atoms with Gasteiger partial charge in [-0.15, -0.1) is 0 Å². The lowest BCUT2D eigenvalue weighted by Crippen LogP contribution is -2.49. The van der Waals surface area contributed by atoms with Gasteiger partial charge in [0.05, 0.1) is 27.8 Å². The van der Waals surface area contributed by atoms with Gasteiger partial charge in [0, 0.05) is 38.0 Å². The molecular weight excluding hydrogens is 565 g/mol. The largest absolute Gasteiger partial charge is 0.353 e. The smallest absolute Gasteiger partial charge is 0.235 e. The molecule has 1 aliphatic heterocycles. The molecule has 4 nitrogen and oxygen atoms in total. The molecule has 6 aromatic carbocycles. The standard InChI is InChI=1S/C40H28N4Si/c1-45(2)34-19-11-8-16-27(34)30-22-23-32-35(39(30)45)36(24-12-4-3-5-13-24)43-40(42-32)44-33-18-10-7-15-26(33)29-21-20-28-25-14-6-9-17-31(25)41-37(28)38(29)44/h3-23,41H,1-2H3. The van der Waals surface area contributed by atoms with Crippen molar-refractivity contribution in [1.29, 1.82) is 0 Å². The van der Waals surface area contributed by atoms with Crippen molar-refractivity contribution < 1.29 is 0 Å². The van der Waals surface area contributed by atoms with Gasteiger partial charge >= 0.3 is 0 Å². The molecule has 0 aliphatic carbocycles. The lowest BCUT2D eigenvalue weighted by atomic mass is 10.0. The van der Waals surface area contributed by atoms with Crippen LogP contribution in [0.5, 0.6) is 0 Å². The molecule has 1 N–H and O–H groups in total. The number of H-pyrrole nitrogens is 1. The minimum atomic E-state index is -2.03. The van der Waals surface area contributed by atoms with Crippen molar-refractivity contribution in [3.63, 3.8) is 0 Å². The number of fused-ring (bicyclic) bond motifs is 12. The Morgan fingerprint density at radius 3 is 2.22 bits per heavy atom. The van der Waals surface area contributed by atoms with Crippen LogP contribution >= 0.6 is 0 Å². The topological polar surface area (TPSA) is 46.5 Å². The number of nitrogens with zero attached hydrogens (tertiary/aromatic N) is 3. The van der Waals surface area contributed by atoms with Crippen molar-refractivity contribution in [3.05, 3.63) is 127 Å². The molecular formula is C40H28N4Si. The predicted octanol–water partition coefficient (Wildman–Crippen LogP) is 8.83. The Hall–Kier alpha value is -5.52. The summed E-state index contributed by atoms with van der Waals surface area (Å²) in [4.78, 5) is 14.7. The fourth-order valence-electron chi connectivity index (χ4n) is 7.97. The zero-order valence-electron chi connectivity index (χ0n) is 25.0. The Bertz CT molecular complexity index is 2680. The highest BCUT2D eigenvalue weighted by Crippen LogP contribution is 2.40. The van der Waals surface area contributed by atoms with E-state index in [9.17, 15) is 0 Å². The van der Waals surface area contributed by atoms with Crippen molar-refractivity contribution >= 4 is 73.0 Å². The molecule has 10 rings (SSSR count). The SMILES string of the molecule is C[Si]1(C)c2ccccc2-c2ccc3nc(-n4c5ccccc5c5ccc6c7ccccc7[nH]c6c54)nc(-c4ccccc4)c3c21. The van der Waals surface area contributed by atoms with Gasteiger partial charge in [0.15, 0.2) is 0 Å². The van der Waals surface area contributed by atoms with Gasteiger partial charge in [0.1, 0.15) is 8.07 Å². The van der Waals surface area contributed by atoms with Gasteiger partial charge in [-0.3, -0.25) is 4.57 Å². The predicted molar refractivity (Wildman–Crippen MR) is 191 cm³/mol. The number of aromatic nitrogens is 4. The third-order valence-corrected chi connectivity index (χ3v) is 13.5. The summed E-state index contributed by atoms with van der Waals surface area (Å²) in [7, 11) is -2.03. The van der Waals surface area contributed by atoms with E-state index in [0.717, 1.165) is 38.8 Å². The molecule has 0 saturated heterocycles. The second kappa shape index (κ2) is 8.77. The molecule has 0 saturated carbocycles. The van der Waals surface area contributed by atoms with Crippen LogP contribution in [0, 0.1) is 0 Å². The third-order valence-electron chi connectivity index (χ3n) is 9.93. The van der Waals surface area contributed by atoms with Crippen LogP contribution < -0.4 is 10.4 Å². The first-order chi connectivity index (χ1) is 22.1. The average molecular weight is 593 g/mol. The van der Waals surface area contributed by atoms with Gasteiger partial charge < -0.3 is 4.98 Å². The maximum absolute atomic E-state index is 5.54. The highest BCUT2D eigenvalue weighted by Gasteiger charge is 2.40. The molecule has 0 spiro atoms. The van der Waals surface area contributed by atoms with E-state index >= 15 is 0 Å². The monoisotopic (exact) mass is 592 g/mol. The Kier molecular flexibility index (Phi) is 4.85. The highest BCUT2D eigenvalue weighted by atomic mass is 28.3. The molecule has 0 bridgehead atoms. The van der Waals surface area contributed by atoms with E-state index in [-0.39, 0.29) is 0 Å². The summed E-state index contributed by atoms with van der Waals surface area (Å²) in [5.74, 6) is 0.689. The van der Waals surface area contributed by atoms with E-state index in [2.05, 4.69) is 150 Å². The number of aromatic amines is 1. The second-order valence-electron chi connectivity index (χ2n) is 12.7. The van der Waals surface area contributed by atoms with Crippen LogP contribution in [-0.2, 0) is 0 Å².